The van der Waals surface area contributed by atoms with Crippen molar-refractivity contribution >= 4 is 40.4 Å². The number of nitrogens with zero attached hydrogens (tertiary/aromatic N) is 3. The molecule has 3 aromatic rings. The second kappa shape index (κ2) is 9.36. The van der Waals surface area contributed by atoms with Gasteiger partial charge < -0.3 is 10.2 Å². The van der Waals surface area contributed by atoms with E-state index >= 15 is 0 Å². The van der Waals surface area contributed by atoms with Gasteiger partial charge in [0.25, 0.3) is 5.91 Å². The Morgan fingerprint density at radius 1 is 1.13 bits per heavy atom. The van der Waals surface area contributed by atoms with Crippen molar-refractivity contribution in [1.82, 2.24) is 15.1 Å². The fourth-order valence-corrected chi connectivity index (χ4v) is 4.65. The van der Waals surface area contributed by atoms with Crippen LogP contribution in [0.25, 0.3) is 0 Å². The molecule has 154 valence electrons. The number of aryl methyl sites for hydroxylation is 1. The van der Waals surface area contributed by atoms with Crippen LogP contribution in [-0.4, -0.2) is 33.5 Å². The molecule has 1 fully saturated rings. The summed E-state index contributed by atoms with van der Waals surface area (Å²) in [5, 5.41) is 12.6. The van der Waals surface area contributed by atoms with E-state index in [0.717, 1.165) is 18.4 Å². The van der Waals surface area contributed by atoms with E-state index in [1.165, 1.54) is 11.3 Å². The number of carbonyl (C=O) groups excluding carboxylic acids is 2. The average Bonchev–Trinajstić information content (AvgIpc) is 3.42. The Bertz CT molecular complexity index is 1040. The van der Waals surface area contributed by atoms with Crippen molar-refractivity contribution in [3.8, 4) is 0 Å². The summed E-state index contributed by atoms with van der Waals surface area (Å²) in [6.45, 7) is 0.710. The van der Waals surface area contributed by atoms with Gasteiger partial charge in [-0.1, -0.05) is 59.3 Å². The minimum atomic E-state index is -0.332. The van der Waals surface area contributed by atoms with Crippen molar-refractivity contribution in [1.29, 1.82) is 0 Å². The van der Waals surface area contributed by atoms with Crippen LogP contribution in [0.3, 0.4) is 0 Å². The highest BCUT2D eigenvalue weighted by Gasteiger charge is 2.32. The predicted octanol–water partition coefficient (Wildman–Crippen LogP) is 4.74. The third-order valence-electron chi connectivity index (χ3n) is 5.05. The molecular weight excluding hydrogens is 420 g/mol. The van der Waals surface area contributed by atoms with Crippen LogP contribution in [0.4, 0.5) is 5.69 Å². The van der Waals surface area contributed by atoms with Gasteiger partial charge in [0.15, 0.2) is 0 Å². The number of hydrogen-bond acceptors (Lipinski definition) is 5. The number of carbonyl (C=O) groups is 2. The molecule has 8 heteroatoms. The standard InChI is InChI=1S/C22H21ClN4O2S/c23-16-8-4-9-17(14-16)24-20(29)22-26-25-21(30-22)18-10-5-13-27(18)19(28)12-11-15-6-2-1-3-7-15/h1-4,6-9,14,18H,5,10-13H2,(H,24,29)/t18-/m0/s1. The minimum Gasteiger partial charge on any atom is -0.333 e. The van der Waals surface area contributed by atoms with Crippen LogP contribution < -0.4 is 5.32 Å². The van der Waals surface area contributed by atoms with Crippen molar-refractivity contribution < 1.29 is 9.59 Å². The van der Waals surface area contributed by atoms with Crippen LogP contribution in [0.1, 0.15) is 45.7 Å². The Hall–Kier alpha value is -2.77. The number of hydrogen-bond donors (Lipinski definition) is 1. The zero-order valence-corrected chi connectivity index (χ0v) is 17.8. The maximum Gasteiger partial charge on any atom is 0.286 e. The summed E-state index contributed by atoms with van der Waals surface area (Å²) in [5.41, 5.74) is 1.75. The van der Waals surface area contributed by atoms with Crippen LogP contribution in [0.15, 0.2) is 54.6 Å². The molecule has 1 aliphatic rings. The average molecular weight is 441 g/mol. The van der Waals surface area contributed by atoms with E-state index in [4.69, 9.17) is 11.6 Å². The van der Waals surface area contributed by atoms with Crippen LogP contribution in [0.5, 0.6) is 0 Å². The van der Waals surface area contributed by atoms with Crippen molar-refractivity contribution in [3.05, 3.63) is 75.2 Å². The SMILES string of the molecule is O=C(Nc1cccc(Cl)c1)c1nnc([C@@H]2CCCN2C(=O)CCc2ccccc2)s1. The smallest absolute Gasteiger partial charge is 0.286 e. The molecule has 0 saturated carbocycles. The summed E-state index contributed by atoms with van der Waals surface area (Å²) in [6.07, 6.45) is 2.93. The highest BCUT2D eigenvalue weighted by molar-refractivity contribution is 7.13. The molecule has 0 aliphatic carbocycles. The van der Waals surface area contributed by atoms with Gasteiger partial charge in [0.2, 0.25) is 10.9 Å². The van der Waals surface area contributed by atoms with Gasteiger partial charge in [0, 0.05) is 23.7 Å². The largest absolute Gasteiger partial charge is 0.333 e. The lowest BCUT2D eigenvalue weighted by atomic mass is 10.1. The number of rotatable bonds is 6. The van der Waals surface area contributed by atoms with Crippen molar-refractivity contribution in [2.75, 3.05) is 11.9 Å². The van der Waals surface area contributed by atoms with Crippen molar-refractivity contribution in [3.63, 3.8) is 0 Å². The van der Waals surface area contributed by atoms with Crippen LogP contribution in [0, 0.1) is 0 Å². The second-order valence-corrected chi connectivity index (χ2v) is 8.59. The fraction of sp³-hybridized carbons (Fsp3) is 0.273. The number of benzene rings is 2. The van der Waals surface area contributed by atoms with Gasteiger partial charge in [-0.2, -0.15) is 0 Å². The van der Waals surface area contributed by atoms with E-state index in [9.17, 15) is 9.59 Å². The highest BCUT2D eigenvalue weighted by atomic mass is 35.5. The number of aromatic nitrogens is 2. The maximum atomic E-state index is 12.8. The predicted molar refractivity (Wildman–Crippen MR) is 118 cm³/mol. The Morgan fingerprint density at radius 2 is 1.97 bits per heavy atom. The van der Waals surface area contributed by atoms with Crippen LogP contribution >= 0.6 is 22.9 Å². The molecule has 0 radical (unpaired) electrons. The Labute approximate surface area is 183 Å². The lowest BCUT2D eigenvalue weighted by Crippen LogP contribution is -2.30. The molecule has 0 unspecified atom stereocenters. The summed E-state index contributed by atoms with van der Waals surface area (Å²) < 4.78 is 0. The molecule has 2 aromatic carbocycles. The zero-order chi connectivity index (χ0) is 20.9. The molecule has 1 aliphatic heterocycles. The molecule has 4 rings (SSSR count). The number of amides is 2. The van der Waals surface area contributed by atoms with Gasteiger partial charge in [-0.15, -0.1) is 10.2 Å². The van der Waals surface area contributed by atoms with Gasteiger partial charge in [0.1, 0.15) is 5.01 Å². The number of likely N-dealkylation sites (tertiary alicyclic amines) is 1. The lowest BCUT2D eigenvalue weighted by molar-refractivity contribution is -0.132. The second-order valence-electron chi connectivity index (χ2n) is 7.14. The lowest BCUT2D eigenvalue weighted by Gasteiger charge is -2.22. The molecule has 6 nitrogen and oxygen atoms in total. The summed E-state index contributed by atoms with van der Waals surface area (Å²) in [5.74, 6) is -0.220. The highest BCUT2D eigenvalue weighted by Crippen LogP contribution is 2.34. The van der Waals surface area contributed by atoms with Gasteiger partial charge in [-0.05, 0) is 43.0 Å². The third kappa shape index (κ3) is 4.86. The molecule has 1 atom stereocenters. The van der Waals surface area contributed by atoms with E-state index in [-0.39, 0.29) is 22.9 Å². The first kappa shape index (κ1) is 20.5. The van der Waals surface area contributed by atoms with Gasteiger partial charge >= 0.3 is 0 Å². The minimum absolute atomic E-state index is 0.112. The molecule has 1 N–H and O–H groups in total. The summed E-state index contributed by atoms with van der Waals surface area (Å²) >= 11 is 7.20. The Balaban J connectivity index is 1.40. The summed E-state index contributed by atoms with van der Waals surface area (Å²) in [6, 6.07) is 16.8. The van der Waals surface area contributed by atoms with Gasteiger partial charge in [-0.3, -0.25) is 9.59 Å². The van der Waals surface area contributed by atoms with Crippen LogP contribution in [0.2, 0.25) is 5.02 Å². The van der Waals surface area contributed by atoms with E-state index in [1.54, 1.807) is 24.3 Å². The van der Waals surface area contributed by atoms with E-state index in [2.05, 4.69) is 15.5 Å². The number of halogens is 1. The van der Waals surface area contributed by atoms with Crippen molar-refractivity contribution in [2.45, 2.75) is 31.7 Å². The fourth-order valence-electron chi connectivity index (χ4n) is 3.57. The van der Waals surface area contributed by atoms with Crippen LogP contribution in [-0.2, 0) is 11.2 Å². The first-order valence-corrected chi connectivity index (χ1v) is 11.0. The summed E-state index contributed by atoms with van der Waals surface area (Å²) in [4.78, 5) is 27.2. The quantitative estimate of drug-likeness (QED) is 0.600. The van der Waals surface area contributed by atoms with E-state index in [0.29, 0.717) is 35.1 Å². The third-order valence-corrected chi connectivity index (χ3v) is 6.30. The first-order valence-electron chi connectivity index (χ1n) is 9.84. The molecule has 0 spiro atoms. The molecule has 1 saturated heterocycles. The maximum absolute atomic E-state index is 12.8. The van der Waals surface area contributed by atoms with Crippen molar-refractivity contribution in [2.24, 2.45) is 0 Å². The number of anilines is 1. The molecule has 2 heterocycles. The van der Waals surface area contributed by atoms with Gasteiger partial charge in [-0.25, -0.2) is 0 Å². The molecule has 0 bridgehead atoms. The topological polar surface area (TPSA) is 75.2 Å². The molecule has 30 heavy (non-hydrogen) atoms. The molecular formula is C22H21ClN4O2S. The molecule has 2 amide bonds. The monoisotopic (exact) mass is 440 g/mol. The first-order chi connectivity index (χ1) is 14.6. The zero-order valence-electron chi connectivity index (χ0n) is 16.3. The summed E-state index contributed by atoms with van der Waals surface area (Å²) in [7, 11) is 0. The Morgan fingerprint density at radius 3 is 2.77 bits per heavy atom. The normalized spacial score (nSPS) is 15.9. The number of nitrogens with one attached hydrogen (secondary N) is 1. The Kier molecular flexibility index (Phi) is 6.40. The van der Waals surface area contributed by atoms with E-state index in [1.807, 2.05) is 35.2 Å². The van der Waals surface area contributed by atoms with E-state index < -0.39 is 0 Å². The van der Waals surface area contributed by atoms with Gasteiger partial charge in [0.05, 0.1) is 6.04 Å². The molecule has 1 aromatic heterocycles.